The zero-order valence-electron chi connectivity index (χ0n) is 12.1. The summed E-state index contributed by atoms with van der Waals surface area (Å²) < 4.78 is 0. The quantitative estimate of drug-likeness (QED) is 0.397. The van der Waals surface area contributed by atoms with Crippen molar-refractivity contribution in [2.75, 3.05) is 0 Å². The molecule has 0 fully saturated rings. The fourth-order valence-electron chi connectivity index (χ4n) is 1.76. The number of rotatable bonds is 3. The van der Waals surface area contributed by atoms with Gasteiger partial charge in [-0.3, -0.25) is 0 Å². The number of nitrogens with zero attached hydrogens (tertiary/aromatic N) is 2. The summed E-state index contributed by atoms with van der Waals surface area (Å²) in [5.74, 6) is -0.848. The van der Waals surface area contributed by atoms with Crippen LogP contribution in [0, 0.1) is 0 Å². The predicted molar refractivity (Wildman–Crippen MR) is 84.0 cm³/mol. The zero-order chi connectivity index (χ0) is 16.3. The molecule has 2 aromatic carbocycles. The highest BCUT2D eigenvalue weighted by atomic mass is 16.3. The van der Waals surface area contributed by atoms with Crippen LogP contribution in [0.4, 0.5) is 0 Å². The summed E-state index contributed by atoms with van der Waals surface area (Å²) in [6.45, 7) is 3.44. The first kappa shape index (κ1) is 15.4. The Hall–Kier alpha value is -3.02. The molecule has 0 aromatic heterocycles. The molecule has 0 unspecified atom stereocenters. The maximum absolute atomic E-state index is 9.47. The fourth-order valence-corrected chi connectivity index (χ4v) is 1.76. The minimum absolute atomic E-state index is 0.198. The Morgan fingerprint density at radius 1 is 0.636 bits per heavy atom. The first-order valence-electron chi connectivity index (χ1n) is 6.52. The second-order valence-corrected chi connectivity index (χ2v) is 4.78. The molecule has 0 radical (unpaired) electrons. The summed E-state index contributed by atoms with van der Waals surface area (Å²) in [5.41, 5.74) is 2.36. The van der Waals surface area contributed by atoms with Gasteiger partial charge in [-0.15, -0.1) is 0 Å². The number of aromatic hydroxyl groups is 4. The zero-order valence-corrected chi connectivity index (χ0v) is 12.1. The van der Waals surface area contributed by atoms with E-state index < -0.39 is 0 Å². The highest BCUT2D eigenvalue weighted by Gasteiger charge is 2.05. The van der Waals surface area contributed by atoms with Gasteiger partial charge >= 0.3 is 0 Å². The van der Waals surface area contributed by atoms with Crippen LogP contribution in [0.5, 0.6) is 23.0 Å². The lowest BCUT2D eigenvalue weighted by Gasteiger charge is -2.03. The average molecular weight is 300 g/mol. The van der Waals surface area contributed by atoms with E-state index in [1.165, 1.54) is 24.3 Å². The number of benzene rings is 2. The molecule has 22 heavy (non-hydrogen) atoms. The van der Waals surface area contributed by atoms with Crippen LogP contribution in [0.3, 0.4) is 0 Å². The van der Waals surface area contributed by atoms with Crippen molar-refractivity contribution in [3.8, 4) is 23.0 Å². The van der Waals surface area contributed by atoms with E-state index in [-0.39, 0.29) is 23.0 Å². The molecule has 0 aliphatic carbocycles. The summed E-state index contributed by atoms with van der Waals surface area (Å²) in [6.07, 6.45) is 0. The molecule has 2 aromatic rings. The molecule has 0 saturated heterocycles. The van der Waals surface area contributed by atoms with Gasteiger partial charge in [0.1, 0.15) is 0 Å². The summed E-state index contributed by atoms with van der Waals surface area (Å²) >= 11 is 0. The minimum Gasteiger partial charge on any atom is -0.504 e. The molecule has 4 N–H and O–H groups in total. The number of phenols is 4. The van der Waals surface area contributed by atoms with Crippen molar-refractivity contribution in [1.82, 2.24) is 0 Å². The highest BCUT2D eigenvalue weighted by Crippen LogP contribution is 2.26. The van der Waals surface area contributed by atoms with E-state index in [9.17, 15) is 20.4 Å². The Morgan fingerprint density at radius 3 is 1.32 bits per heavy atom. The fraction of sp³-hybridized carbons (Fsp3) is 0.125. The maximum atomic E-state index is 9.47. The van der Waals surface area contributed by atoms with Gasteiger partial charge < -0.3 is 20.4 Å². The van der Waals surface area contributed by atoms with E-state index in [0.717, 1.165) is 0 Å². The molecule has 114 valence electrons. The monoisotopic (exact) mass is 300 g/mol. The third-order valence-corrected chi connectivity index (χ3v) is 3.14. The maximum Gasteiger partial charge on any atom is 0.158 e. The molecule has 2 rings (SSSR count). The van der Waals surface area contributed by atoms with Crippen molar-refractivity contribution in [2.45, 2.75) is 13.8 Å². The Morgan fingerprint density at radius 2 is 1.00 bits per heavy atom. The molecular formula is C16H16N2O4. The number of hydrogen-bond acceptors (Lipinski definition) is 6. The van der Waals surface area contributed by atoms with Gasteiger partial charge in [0.05, 0.1) is 11.4 Å². The van der Waals surface area contributed by atoms with Gasteiger partial charge in [0.2, 0.25) is 0 Å². The lowest BCUT2D eigenvalue weighted by atomic mass is 10.1. The normalized spacial score (nSPS) is 12.5. The topological polar surface area (TPSA) is 106 Å². The van der Waals surface area contributed by atoms with Crippen LogP contribution in [-0.4, -0.2) is 31.8 Å². The van der Waals surface area contributed by atoms with Crippen molar-refractivity contribution >= 4 is 11.4 Å². The summed E-state index contributed by atoms with van der Waals surface area (Å²) in [4.78, 5) is 0. The Labute approximate surface area is 127 Å². The second-order valence-electron chi connectivity index (χ2n) is 4.78. The Kier molecular flexibility index (Phi) is 4.31. The molecule has 0 bridgehead atoms. The van der Waals surface area contributed by atoms with Crippen LogP contribution < -0.4 is 0 Å². The molecule has 0 saturated carbocycles. The third-order valence-electron chi connectivity index (χ3n) is 3.14. The van der Waals surface area contributed by atoms with E-state index in [0.29, 0.717) is 22.6 Å². The van der Waals surface area contributed by atoms with Crippen molar-refractivity contribution < 1.29 is 20.4 Å². The van der Waals surface area contributed by atoms with Gasteiger partial charge in [0, 0.05) is 11.1 Å². The lowest BCUT2D eigenvalue weighted by molar-refractivity contribution is 0.403. The molecule has 0 spiro atoms. The van der Waals surface area contributed by atoms with Gasteiger partial charge in [-0.25, -0.2) is 0 Å². The Balaban J connectivity index is 2.27. The summed E-state index contributed by atoms with van der Waals surface area (Å²) in [7, 11) is 0. The minimum atomic E-state index is -0.226. The lowest BCUT2D eigenvalue weighted by Crippen LogP contribution is -1.97. The van der Waals surface area contributed by atoms with Crippen molar-refractivity contribution in [3.05, 3.63) is 47.5 Å². The summed E-state index contributed by atoms with van der Waals surface area (Å²) in [5, 5.41) is 45.6. The van der Waals surface area contributed by atoms with E-state index >= 15 is 0 Å². The molecule has 0 heterocycles. The van der Waals surface area contributed by atoms with Crippen LogP contribution in [0.1, 0.15) is 25.0 Å². The molecular weight excluding hydrogens is 284 g/mol. The Bertz CT molecular complexity index is 701. The molecule has 0 aliphatic rings. The molecule has 0 atom stereocenters. The highest BCUT2D eigenvalue weighted by molar-refractivity contribution is 6.02. The van der Waals surface area contributed by atoms with Crippen LogP contribution in [0.15, 0.2) is 46.6 Å². The van der Waals surface area contributed by atoms with Crippen molar-refractivity contribution in [2.24, 2.45) is 10.2 Å². The summed E-state index contributed by atoms with van der Waals surface area (Å²) in [6, 6.07) is 8.77. The van der Waals surface area contributed by atoms with Crippen LogP contribution >= 0.6 is 0 Å². The van der Waals surface area contributed by atoms with Crippen molar-refractivity contribution in [3.63, 3.8) is 0 Å². The largest absolute Gasteiger partial charge is 0.504 e. The molecule has 0 amide bonds. The van der Waals surface area contributed by atoms with Gasteiger partial charge in [0.15, 0.2) is 23.0 Å². The standard InChI is InChI=1S/C16H16N2O4/c1-9(11-3-5-13(19)15(21)7-11)17-18-10(2)12-4-6-14(20)16(22)8-12/h3-8,19-22H,1-2H3/b17-9+,18-10+. The smallest absolute Gasteiger partial charge is 0.158 e. The van der Waals surface area contributed by atoms with Crippen molar-refractivity contribution in [1.29, 1.82) is 0 Å². The first-order chi connectivity index (χ1) is 10.4. The number of phenolic OH excluding ortho intramolecular Hbond substituents is 4. The van der Waals surface area contributed by atoms with Gasteiger partial charge in [-0.1, -0.05) is 0 Å². The van der Waals surface area contributed by atoms with Crippen LogP contribution in [0.2, 0.25) is 0 Å². The third kappa shape index (κ3) is 3.35. The first-order valence-corrected chi connectivity index (χ1v) is 6.52. The number of hydrogen-bond donors (Lipinski definition) is 4. The van der Waals surface area contributed by atoms with E-state index in [4.69, 9.17) is 0 Å². The predicted octanol–water partition coefficient (Wildman–Crippen LogP) is 2.74. The average Bonchev–Trinajstić information content (AvgIpc) is 2.50. The molecule has 0 aliphatic heterocycles. The van der Waals surface area contributed by atoms with Crippen LogP contribution in [0.25, 0.3) is 0 Å². The van der Waals surface area contributed by atoms with Gasteiger partial charge in [-0.2, -0.15) is 10.2 Å². The SMILES string of the molecule is C/C(=N\N=C(/C)c1ccc(O)c(O)c1)c1ccc(O)c(O)c1. The molecule has 6 heteroatoms. The van der Waals surface area contributed by atoms with E-state index in [1.807, 2.05) is 0 Å². The second kappa shape index (κ2) is 6.17. The van der Waals surface area contributed by atoms with Crippen LogP contribution in [-0.2, 0) is 0 Å². The van der Waals surface area contributed by atoms with E-state index in [2.05, 4.69) is 10.2 Å². The van der Waals surface area contributed by atoms with Gasteiger partial charge in [0.25, 0.3) is 0 Å². The van der Waals surface area contributed by atoms with Gasteiger partial charge in [-0.05, 0) is 50.2 Å². The van der Waals surface area contributed by atoms with E-state index in [1.54, 1.807) is 26.0 Å². The molecule has 6 nitrogen and oxygen atoms in total.